The van der Waals surface area contributed by atoms with Gasteiger partial charge in [0.2, 0.25) is 0 Å². The third-order valence-corrected chi connectivity index (χ3v) is 4.03. The molecule has 1 aliphatic rings. The lowest BCUT2D eigenvalue weighted by Crippen LogP contribution is -2.27. The fourth-order valence-electron chi connectivity index (χ4n) is 2.74. The molecule has 0 spiro atoms. The smallest absolute Gasteiger partial charge is 0.163 e. The van der Waals surface area contributed by atoms with Crippen LogP contribution < -0.4 is 5.73 Å². The van der Waals surface area contributed by atoms with Crippen molar-refractivity contribution in [1.82, 2.24) is 4.90 Å². The summed E-state index contributed by atoms with van der Waals surface area (Å²) in [6, 6.07) is 3.58. The number of rotatable bonds is 6. The first-order chi connectivity index (χ1) is 10.1. The van der Waals surface area contributed by atoms with Crippen LogP contribution in [0.4, 0.5) is 8.78 Å². The molecule has 1 aliphatic heterocycles. The minimum atomic E-state index is -0.858. The second kappa shape index (κ2) is 7.26. The normalized spacial score (nSPS) is 24.4. The van der Waals surface area contributed by atoms with E-state index >= 15 is 0 Å². The van der Waals surface area contributed by atoms with Gasteiger partial charge in [-0.15, -0.1) is 0 Å². The van der Waals surface area contributed by atoms with Crippen molar-refractivity contribution in [2.24, 2.45) is 5.73 Å². The van der Waals surface area contributed by atoms with Gasteiger partial charge in [0.25, 0.3) is 0 Å². The van der Waals surface area contributed by atoms with E-state index in [-0.39, 0.29) is 17.8 Å². The molecule has 1 aromatic rings. The van der Waals surface area contributed by atoms with Gasteiger partial charge >= 0.3 is 0 Å². The predicted molar refractivity (Wildman–Crippen MR) is 75.9 cm³/mol. The van der Waals surface area contributed by atoms with Crippen molar-refractivity contribution in [3.63, 3.8) is 0 Å². The monoisotopic (exact) mass is 300 g/mol. The third-order valence-electron chi connectivity index (χ3n) is 4.03. The van der Waals surface area contributed by atoms with E-state index < -0.39 is 17.7 Å². The number of halogens is 2. The first kappa shape index (κ1) is 16.3. The van der Waals surface area contributed by atoms with Crippen molar-refractivity contribution in [3.8, 4) is 0 Å². The van der Waals surface area contributed by atoms with Crippen molar-refractivity contribution >= 4 is 0 Å². The molecule has 1 aromatic carbocycles. The highest BCUT2D eigenvalue weighted by molar-refractivity contribution is 5.22. The Morgan fingerprint density at radius 1 is 1.24 bits per heavy atom. The molecular weight excluding hydrogens is 278 g/mol. The SMILES string of the molecule is COC1CN(CCC(N)c2cccc(F)c2F)CC1OC. The van der Waals surface area contributed by atoms with Gasteiger partial charge < -0.3 is 15.2 Å². The lowest BCUT2D eigenvalue weighted by Gasteiger charge is -2.19. The van der Waals surface area contributed by atoms with Crippen LogP contribution in [0.2, 0.25) is 0 Å². The van der Waals surface area contributed by atoms with Gasteiger partial charge in [0.1, 0.15) is 0 Å². The van der Waals surface area contributed by atoms with Gasteiger partial charge in [0, 0.05) is 45.5 Å². The highest BCUT2D eigenvalue weighted by Gasteiger charge is 2.32. The Morgan fingerprint density at radius 3 is 2.43 bits per heavy atom. The summed E-state index contributed by atoms with van der Waals surface area (Å²) in [5, 5.41) is 0. The van der Waals surface area contributed by atoms with Gasteiger partial charge in [-0.25, -0.2) is 8.78 Å². The number of benzene rings is 1. The highest BCUT2D eigenvalue weighted by atomic mass is 19.2. The Kier molecular flexibility index (Phi) is 5.64. The highest BCUT2D eigenvalue weighted by Crippen LogP contribution is 2.22. The fraction of sp³-hybridized carbons (Fsp3) is 0.600. The van der Waals surface area contributed by atoms with E-state index in [0.29, 0.717) is 13.0 Å². The molecule has 4 nitrogen and oxygen atoms in total. The lowest BCUT2D eigenvalue weighted by molar-refractivity contribution is -0.00461. The van der Waals surface area contributed by atoms with Gasteiger partial charge in [0.15, 0.2) is 11.6 Å². The van der Waals surface area contributed by atoms with Crippen LogP contribution in [-0.4, -0.2) is 51.0 Å². The summed E-state index contributed by atoms with van der Waals surface area (Å²) in [6.45, 7) is 2.21. The van der Waals surface area contributed by atoms with Crippen LogP contribution in [0.1, 0.15) is 18.0 Å². The number of hydrogen-bond donors (Lipinski definition) is 1. The lowest BCUT2D eigenvalue weighted by atomic mass is 10.0. The summed E-state index contributed by atoms with van der Waals surface area (Å²) in [5.41, 5.74) is 6.20. The maximum absolute atomic E-state index is 13.7. The van der Waals surface area contributed by atoms with E-state index in [9.17, 15) is 8.78 Å². The van der Waals surface area contributed by atoms with Crippen LogP contribution in [0, 0.1) is 11.6 Å². The Balaban J connectivity index is 1.90. The van der Waals surface area contributed by atoms with Crippen LogP contribution in [0.3, 0.4) is 0 Å². The zero-order chi connectivity index (χ0) is 15.4. The van der Waals surface area contributed by atoms with Crippen molar-refractivity contribution in [2.75, 3.05) is 33.9 Å². The van der Waals surface area contributed by atoms with E-state index in [4.69, 9.17) is 15.2 Å². The van der Waals surface area contributed by atoms with Crippen molar-refractivity contribution in [1.29, 1.82) is 0 Å². The first-order valence-corrected chi connectivity index (χ1v) is 7.04. The molecule has 2 N–H and O–H groups in total. The summed E-state index contributed by atoms with van der Waals surface area (Å²) < 4.78 is 37.6. The predicted octanol–water partition coefficient (Wildman–Crippen LogP) is 1.70. The van der Waals surface area contributed by atoms with E-state index in [1.165, 1.54) is 12.1 Å². The average molecular weight is 300 g/mol. The largest absolute Gasteiger partial charge is 0.377 e. The quantitative estimate of drug-likeness (QED) is 0.869. The number of methoxy groups -OCH3 is 2. The topological polar surface area (TPSA) is 47.7 Å². The maximum atomic E-state index is 13.7. The standard InChI is InChI=1S/C15H22F2N2O2/c1-20-13-8-19(9-14(13)21-2)7-6-12(18)10-4-3-5-11(16)15(10)17/h3-5,12-14H,6-9,18H2,1-2H3. The minimum absolute atomic E-state index is 0.0390. The van der Waals surface area contributed by atoms with Crippen LogP contribution in [0.25, 0.3) is 0 Å². The Morgan fingerprint density at radius 2 is 1.86 bits per heavy atom. The van der Waals surface area contributed by atoms with Gasteiger partial charge in [-0.05, 0) is 12.5 Å². The van der Waals surface area contributed by atoms with Crippen LogP contribution in [-0.2, 0) is 9.47 Å². The summed E-state index contributed by atoms with van der Waals surface area (Å²) in [6.07, 6.45) is 0.627. The van der Waals surface area contributed by atoms with Crippen molar-refractivity contribution in [3.05, 3.63) is 35.4 Å². The van der Waals surface area contributed by atoms with Crippen LogP contribution >= 0.6 is 0 Å². The van der Waals surface area contributed by atoms with Gasteiger partial charge in [-0.2, -0.15) is 0 Å². The zero-order valence-corrected chi connectivity index (χ0v) is 12.4. The fourth-order valence-corrected chi connectivity index (χ4v) is 2.74. The van der Waals surface area contributed by atoms with E-state index in [1.807, 2.05) is 0 Å². The molecule has 3 atom stereocenters. The number of nitrogens with zero attached hydrogens (tertiary/aromatic N) is 1. The Hall–Kier alpha value is -1.08. The molecule has 1 heterocycles. The molecule has 118 valence electrons. The van der Waals surface area contributed by atoms with E-state index in [1.54, 1.807) is 14.2 Å². The summed E-state index contributed by atoms with van der Waals surface area (Å²) in [5.74, 6) is -1.71. The van der Waals surface area contributed by atoms with Gasteiger partial charge in [-0.1, -0.05) is 12.1 Å². The van der Waals surface area contributed by atoms with E-state index in [2.05, 4.69) is 4.90 Å². The molecule has 1 saturated heterocycles. The minimum Gasteiger partial charge on any atom is -0.377 e. The molecular formula is C15H22F2N2O2. The first-order valence-electron chi connectivity index (χ1n) is 7.04. The molecule has 0 bridgehead atoms. The zero-order valence-electron chi connectivity index (χ0n) is 12.4. The van der Waals surface area contributed by atoms with Crippen molar-refractivity contribution in [2.45, 2.75) is 24.7 Å². The molecule has 0 saturated carbocycles. The van der Waals surface area contributed by atoms with Crippen molar-refractivity contribution < 1.29 is 18.3 Å². The second-order valence-electron chi connectivity index (χ2n) is 5.35. The van der Waals surface area contributed by atoms with Gasteiger partial charge in [0.05, 0.1) is 12.2 Å². The maximum Gasteiger partial charge on any atom is 0.163 e. The molecule has 0 aliphatic carbocycles. The van der Waals surface area contributed by atoms with E-state index in [0.717, 1.165) is 19.2 Å². The molecule has 0 radical (unpaired) electrons. The number of likely N-dealkylation sites (tertiary alicyclic amines) is 1. The Bertz CT molecular complexity index is 461. The van der Waals surface area contributed by atoms with Gasteiger partial charge in [-0.3, -0.25) is 4.90 Å². The average Bonchev–Trinajstić information content (AvgIpc) is 2.90. The molecule has 2 rings (SSSR count). The Labute approximate surface area is 123 Å². The van der Waals surface area contributed by atoms with Crippen LogP contribution in [0.5, 0.6) is 0 Å². The third kappa shape index (κ3) is 3.77. The molecule has 0 amide bonds. The molecule has 3 unspecified atom stereocenters. The second-order valence-corrected chi connectivity index (χ2v) is 5.35. The molecule has 1 fully saturated rings. The van der Waals surface area contributed by atoms with Crippen LogP contribution in [0.15, 0.2) is 18.2 Å². The molecule has 21 heavy (non-hydrogen) atoms. The summed E-state index contributed by atoms with van der Waals surface area (Å²) in [7, 11) is 3.32. The molecule has 6 heteroatoms. The number of nitrogens with two attached hydrogens (primary N) is 1. The summed E-state index contributed by atoms with van der Waals surface area (Å²) >= 11 is 0. The number of ether oxygens (including phenoxy) is 2. The summed E-state index contributed by atoms with van der Waals surface area (Å²) in [4.78, 5) is 2.17. The molecule has 0 aromatic heterocycles. The number of hydrogen-bond acceptors (Lipinski definition) is 4.